The molecule has 1 fully saturated rings. The van der Waals surface area contributed by atoms with Gasteiger partial charge in [0.1, 0.15) is 5.82 Å². The highest BCUT2D eigenvalue weighted by Gasteiger charge is 2.25. The van der Waals surface area contributed by atoms with Gasteiger partial charge in [0.25, 0.3) is 0 Å². The molecule has 21 heavy (non-hydrogen) atoms. The molecule has 116 valence electrons. The summed E-state index contributed by atoms with van der Waals surface area (Å²) in [6, 6.07) is 2.95. The molecule has 1 aliphatic rings. The number of nitro groups is 1. The summed E-state index contributed by atoms with van der Waals surface area (Å²) in [4.78, 5) is 19.3. The van der Waals surface area contributed by atoms with Gasteiger partial charge in [0.15, 0.2) is 0 Å². The van der Waals surface area contributed by atoms with Crippen LogP contribution in [-0.4, -0.2) is 47.5 Å². The number of nitrogens with one attached hydrogen (secondary N) is 1. The van der Waals surface area contributed by atoms with Gasteiger partial charge in [-0.1, -0.05) is 13.8 Å². The van der Waals surface area contributed by atoms with E-state index in [0.717, 1.165) is 32.7 Å². The topological polar surface area (TPSA) is 101 Å². The summed E-state index contributed by atoms with van der Waals surface area (Å²) in [6.45, 7) is 8.66. The average Bonchev–Trinajstić information content (AvgIpc) is 2.46. The van der Waals surface area contributed by atoms with Gasteiger partial charge >= 0.3 is 5.69 Å². The molecule has 0 aliphatic carbocycles. The van der Waals surface area contributed by atoms with E-state index in [-0.39, 0.29) is 5.69 Å². The van der Waals surface area contributed by atoms with Crippen molar-refractivity contribution in [1.82, 2.24) is 9.88 Å². The van der Waals surface area contributed by atoms with Crippen LogP contribution in [0.4, 0.5) is 17.3 Å². The standard InChI is InChI=1S/C13H22N6O2/c1-10(2)9-17-5-7-18(8-6-17)13-11(19(20)21)3-4-12(15-13)16-14/h3-4,10H,5-9,14H2,1-2H3,(H,15,16). The van der Waals surface area contributed by atoms with Crippen LogP contribution in [0, 0.1) is 16.0 Å². The fourth-order valence-electron chi connectivity index (χ4n) is 2.56. The second kappa shape index (κ2) is 6.68. The second-order valence-corrected chi connectivity index (χ2v) is 5.62. The largest absolute Gasteiger partial charge is 0.348 e. The van der Waals surface area contributed by atoms with E-state index in [4.69, 9.17) is 5.84 Å². The van der Waals surface area contributed by atoms with Gasteiger partial charge in [-0.3, -0.25) is 15.0 Å². The summed E-state index contributed by atoms with van der Waals surface area (Å²) in [6.07, 6.45) is 0. The predicted octanol–water partition coefficient (Wildman–Crippen LogP) is 1.05. The van der Waals surface area contributed by atoms with Crippen molar-refractivity contribution in [3.05, 3.63) is 22.2 Å². The minimum Gasteiger partial charge on any atom is -0.348 e. The minimum absolute atomic E-state index is 0.0197. The zero-order valence-electron chi connectivity index (χ0n) is 12.5. The molecule has 0 spiro atoms. The number of rotatable bonds is 5. The Morgan fingerprint density at radius 1 is 1.38 bits per heavy atom. The molecule has 0 atom stereocenters. The lowest BCUT2D eigenvalue weighted by atomic mass is 10.2. The van der Waals surface area contributed by atoms with Crippen LogP contribution in [0.3, 0.4) is 0 Å². The van der Waals surface area contributed by atoms with Crippen LogP contribution in [-0.2, 0) is 0 Å². The highest BCUT2D eigenvalue weighted by atomic mass is 16.6. The highest BCUT2D eigenvalue weighted by Crippen LogP contribution is 2.28. The Bertz CT molecular complexity index is 499. The molecule has 3 N–H and O–H groups in total. The van der Waals surface area contributed by atoms with Crippen molar-refractivity contribution in [3.63, 3.8) is 0 Å². The maximum Gasteiger partial charge on any atom is 0.311 e. The van der Waals surface area contributed by atoms with E-state index in [1.165, 1.54) is 12.1 Å². The van der Waals surface area contributed by atoms with Gasteiger partial charge in [0.2, 0.25) is 5.82 Å². The van der Waals surface area contributed by atoms with Crippen LogP contribution < -0.4 is 16.2 Å². The monoisotopic (exact) mass is 294 g/mol. The Hall–Kier alpha value is -1.93. The molecule has 1 aromatic rings. The van der Waals surface area contributed by atoms with Crippen LogP contribution in [0.1, 0.15) is 13.8 Å². The third-order valence-corrected chi connectivity index (χ3v) is 3.49. The lowest BCUT2D eigenvalue weighted by molar-refractivity contribution is -0.384. The molecule has 1 aromatic heterocycles. The van der Waals surface area contributed by atoms with E-state index in [2.05, 4.69) is 29.2 Å². The first-order valence-corrected chi connectivity index (χ1v) is 7.10. The number of nitrogens with zero attached hydrogens (tertiary/aromatic N) is 4. The zero-order valence-corrected chi connectivity index (χ0v) is 12.5. The Morgan fingerprint density at radius 2 is 2.05 bits per heavy atom. The lowest BCUT2D eigenvalue weighted by Crippen LogP contribution is -2.47. The average molecular weight is 294 g/mol. The van der Waals surface area contributed by atoms with E-state index in [1.54, 1.807) is 0 Å². The van der Waals surface area contributed by atoms with Crippen LogP contribution in [0.15, 0.2) is 12.1 Å². The van der Waals surface area contributed by atoms with E-state index in [9.17, 15) is 10.1 Å². The fourth-order valence-corrected chi connectivity index (χ4v) is 2.56. The molecule has 0 saturated carbocycles. The smallest absolute Gasteiger partial charge is 0.311 e. The van der Waals surface area contributed by atoms with E-state index >= 15 is 0 Å². The van der Waals surface area contributed by atoms with Gasteiger partial charge in [-0.25, -0.2) is 10.8 Å². The third-order valence-electron chi connectivity index (χ3n) is 3.49. The Kier molecular flexibility index (Phi) is 4.92. The Labute approximate surface area is 124 Å². The molecule has 0 bridgehead atoms. The zero-order chi connectivity index (χ0) is 15.4. The summed E-state index contributed by atoms with van der Waals surface area (Å²) in [5.74, 6) is 6.78. The Morgan fingerprint density at radius 3 is 2.57 bits per heavy atom. The molecule has 0 aromatic carbocycles. The number of piperazine rings is 1. The van der Waals surface area contributed by atoms with Crippen molar-refractivity contribution in [1.29, 1.82) is 0 Å². The maximum absolute atomic E-state index is 11.2. The molecule has 8 heteroatoms. The summed E-state index contributed by atoms with van der Waals surface area (Å²) in [7, 11) is 0. The molecule has 2 heterocycles. The van der Waals surface area contributed by atoms with Gasteiger partial charge in [-0.15, -0.1) is 0 Å². The summed E-state index contributed by atoms with van der Waals surface area (Å²) in [5.41, 5.74) is 2.46. The summed E-state index contributed by atoms with van der Waals surface area (Å²) in [5, 5.41) is 11.2. The van der Waals surface area contributed by atoms with Gasteiger partial charge < -0.3 is 10.3 Å². The number of nitrogens with two attached hydrogens (primary N) is 1. The molecular weight excluding hydrogens is 272 g/mol. The number of hydrazine groups is 1. The molecule has 2 rings (SSSR count). The van der Waals surface area contributed by atoms with Crippen molar-refractivity contribution in [2.75, 3.05) is 43.0 Å². The van der Waals surface area contributed by atoms with Crippen LogP contribution in [0.2, 0.25) is 0 Å². The molecule has 1 aliphatic heterocycles. The first-order valence-electron chi connectivity index (χ1n) is 7.10. The highest BCUT2D eigenvalue weighted by molar-refractivity contribution is 5.61. The van der Waals surface area contributed by atoms with Crippen LogP contribution in [0.5, 0.6) is 0 Å². The van der Waals surface area contributed by atoms with Gasteiger partial charge in [0.05, 0.1) is 4.92 Å². The number of hydrogen-bond acceptors (Lipinski definition) is 7. The van der Waals surface area contributed by atoms with Gasteiger partial charge in [-0.2, -0.15) is 0 Å². The quantitative estimate of drug-likeness (QED) is 0.475. The van der Waals surface area contributed by atoms with Crippen molar-refractivity contribution in [2.45, 2.75) is 13.8 Å². The van der Waals surface area contributed by atoms with Crippen LogP contribution >= 0.6 is 0 Å². The molecule has 0 amide bonds. The Balaban J connectivity index is 2.13. The number of nitrogen functional groups attached to an aromatic ring is 1. The second-order valence-electron chi connectivity index (χ2n) is 5.62. The van der Waals surface area contributed by atoms with Gasteiger partial charge in [-0.05, 0) is 12.0 Å². The van der Waals surface area contributed by atoms with E-state index < -0.39 is 4.92 Å². The number of aromatic nitrogens is 1. The van der Waals surface area contributed by atoms with Gasteiger partial charge in [0, 0.05) is 38.8 Å². The van der Waals surface area contributed by atoms with Crippen molar-refractivity contribution in [2.24, 2.45) is 11.8 Å². The predicted molar refractivity (Wildman–Crippen MR) is 82.2 cm³/mol. The molecule has 8 nitrogen and oxygen atoms in total. The van der Waals surface area contributed by atoms with Crippen LogP contribution in [0.25, 0.3) is 0 Å². The van der Waals surface area contributed by atoms with Crippen molar-refractivity contribution < 1.29 is 4.92 Å². The first-order chi connectivity index (χ1) is 10.0. The molecule has 1 saturated heterocycles. The molecular formula is C13H22N6O2. The fraction of sp³-hybridized carbons (Fsp3) is 0.615. The minimum atomic E-state index is -0.400. The first kappa shape index (κ1) is 15.5. The number of pyridine rings is 1. The van der Waals surface area contributed by atoms with E-state index in [1.807, 2.05) is 4.90 Å². The molecule has 0 unspecified atom stereocenters. The third kappa shape index (κ3) is 3.79. The maximum atomic E-state index is 11.2. The SMILES string of the molecule is CC(C)CN1CCN(c2nc(NN)ccc2[N+](=O)[O-])CC1. The number of hydrogen-bond donors (Lipinski definition) is 2. The van der Waals surface area contributed by atoms with E-state index in [0.29, 0.717) is 17.6 Å². The summed E-state index contributed by atoms with van der Waals surface area (Å²) < 4.78 is 0. The van der Waals surface area contributed by atoms with Crippen molar-refractivity contribution >= 4 is 17.3 Å². The lowest BCUT2D eigenvalue weighted by Gasteiger charge is -2.35. The normalized spacial score (nSPS) is 16.3. The number of anilines is 2. The summed E-state index contributed by atoms with van der Waals surface area (Å²) >= 11 is 0. The molecule has 0 radical (unpaired) electrons. The van der Waals surface area contributed by atoms with Crippen molar-refractivity contribution in [3.8, 4) is 0 Å².